The van der Waals surface area contributed by atoms with Crippen LogP contribution in [0.3, 0.4) is 0 Å². The van der Waals surface area contributed by atoms with E-state index in [-0.39, 0.29) is 17.7 Å². The number of aryl methyl sites for hydroxylation is 2. The van der Waals surface area contributed by atoms with Crippen molar-refractivity contribution in [3.8, 4) is 5.75 Å². The summed E-state index contributed by atoms with van der Waals surface area (Å²) in [7, 11) is 0. The summed E-state index contributed by atoms with van der Waals surface area (Å²) in [5.41, 5.74) is 4.77. The zero-order chi connectivity index (χ0) is 29.8. The van der Waals surface area contributed by atoms with Gasteiger partial charge in [0.2, 0.25) is 0 Å². The molecule has 0 aliphatic carbocycles. The molecule has 222 valence electrons. The lowest BCUT2D eigenvalue weighted by molar-refractivity contribution is -0.135. The second-order valence-corrected chi connectivity index (χ2v) is 12.3. The Balaban J connectivity index is 0.000000681. The van der Waals surface area contributed by atoms with Crippen LogP contribution in [-0.4, -0.2) is 17.7 Å². The van der Waals surface area contributed by atoms with Gasteiger partial charge in [-0.05, 0) is 73.3 Å². The number of unbranched alkanes of at least 4 members (excludes halogenated alkanes) is 4. The largest absolute Gasteiger partial charge is 0.435 e. The molecule has 0 saturated carbocycles. The molecule has 2 heterocycles. The minimum atomic E-state index is -0.523. The molecule has 2 aliphatic heterocycles. The van der Waals surface area contributed by atoms with Crippen molar-refractivity contribution in [2.75, 3.05) is 0 Å². The van der Waals surface area contributed by atoms with E-state index in [1.165, 1.54) is 55.9 Å². The molecule has 0 spiro atoms. The number of benzene rings is 2. The van der Waals surface area contributed by atoms with Crippen LogP contribution in [0, 0.1) is 11.8 Å². The molecular formula is C36H48O5. The maximum Gasteiger partial charge on any atom is 0.323 e. The van der Waals surface area contributed by atoms with Crippen molar-refractivity contribution in [2.24, 2.45) is 11.8 Å². The van der Waals surface area contributed by atoms with Crippen molar-refractivity contribution in [1.29, 1.82) is 0 Å². The summed E-state index contributed by atoms with van der Waals surface area (Å²) >= 11 is 0. The van der Waals surface area contributed by atoms with Crippen LogP contribution >= 0.6 is 0 Å². The molecule has 0 radical (unpaired) electrons. The Kier molecular flexibility index (Phi) is 12.8. The van der Waals surface area contributed by atoms with Crippen LogP contribution in [0.1, 0.15) is 131 Å². The van der Waals surface area contributed by atoms with Gasteiger partial charge in [-0.25, -0.2) is 0 Å². The van der Waals surface area contributed by atoms with Gasteiger partial charge in [0.25, 0.3) is 0 Å². The lowest BCUT2D eigenvalue weighted by Gasteiger charge is -2.15. The number of cyclic esters (lactones) is 1. The van der Waals surface area contributed by atoms with Gasteiger partial charge in [-0.2, -0.15) is 0 Å². The molecule has 0 aromatic heterocycles. The summed E-state index contributed by atoms with van der Waals surface area (Å²) in [4.78, 5) is 35.5. The van der Waals surface area contributed by atoms with Gasteiger partial charge in [0, 0.05) is 11.1 Å². The highest BCUT2D eigenvalue weighted by molar-refractivity contribution is 5.99. The Labute approximate surface area is 246 Å². The van der Waals surface area contributed by atoms with E-state index in [0.717, 1.165) is 48.6 Å². The normalized spacial score (nSPS) is 15.5. The molecule has 5 nitrogen and oxygen atoms in total. The molecule has 1 unspecified atom stereocenters. The molecule has 2 aromatic carbocycles. The first-order valence-electron chi connectivity index (χ1n) is 15.5. The maximum absolute atomic E-state index is 13.0. The van der Waals surface area contributed by atoms with Gasteiger partial charge in [0.05, 0.1) is 12.7 Å². The average molecular weight is 561 g/mol. The standard InChI is InChI=1S/C32H44O3.C4H4O2/c1-22(2)12-8-6-10-14-25-16-18-27(24(5)33)28(20-25)31-29-21-26(15-11-7-9-13-23(3)4)17-19-30(29)35-32(31)34;5-4-2-1-3-6-4/h16-23,31H,6-15H2,1-5H3;1,3H,2H2. The number of ether oxygens (including phenoxy) is 2. The summed E-state index contributed by atoms with van der Waals surface area (Å²) in [6.45, 7) is 10.7. The van der Waals surface area contributed by atoms with E-state index in [1.807, 2.05) is 12.1 Å². The molecule has 0 bridgehead atoms. The van der Waals surface area contributed by atoms with Crippen LogP contribution in [0.5, 0.6) is 5.75 Å². The fourth-order valence-electron chi connectivity index (χ4n) is 5.42. The number of rotatable bonds is 14. The molecule has 0 fully saturated rings. The minimum Gasteiger partial charge on any atom is -0.435 e. The third-order valence-electron chi connectivity index (χ3n) is 7.71. The molecule has 1 atom stereocenters. The highest BCUT2D eigenvalue weighted by Crippen LogP contribution is 2.41. The van der Waals surface area contributed by atoms with E-state index >= 15 is 0 Å². The Bertz CT molecular complexity index is 1200. The van der Waals surface area contributed by atoms with Crippen LogP contribution in [-0.2, 0) is 27.2 Å². The summed E-state index contributed by atoms with van der Waals surface area (Å²) < 4.78 is 9.99. The number of fused-ring (bicyclic) bond motifs is 1. The van der Waals surface area contributed by atoms with Gasteiger partial charge < -0.3 is 9.47 Å². The second-order valence-electron chi connectivity index (χ2n) is 12.3. The lowest BCUT2D eigenvalue weighted by atomic mass is 9.85. The van der Waals surface area contributed by atoms with Crippen molar-refractivity contribution in [3.63, 3.8) is 0 Å². The highest BCUT2D eigenvalue weighted by atomic mass is 16.5. The first-order valence-corrected chi connectivity index (χ1v) is 15.5. The smallest absolute Gasteiger partial charge is 0.323 e. The van der Waals surface area contributed by atoms with Crippen molar-refractivity contribution < 1.29 is 23.9 Å². The van der Waals surface area contributed by atoms with Gasteiger partial charge in [-0.1, -0.05) is 96.6 Å². The van der Waals surface area contributed by atoms with Crippen LogP contribution in [0.4, 0.5) is 0 Å². The van der Waals surface area contributed by atoms with Crippen LogP contribution in [0.25, 0.3) is 0 Å². The van der Waals surface area contributed by atoms with Gasteiger partial charge in [0.15, 0.2) is 5.78 Å². The van der Waals surface area contributed by atoms with Crippen LogP contribution in [0.2, 0.25) is 0 Å². The Morgan fingerprint density at radius 2 is 1.39 bits per heavy atom. The predicted octanol–water partition coefficient (Wildman–Crippen LogP) is 8.90. The Morgan fingerprint density at radius 1 is 0.805 bits per heavy atom. The number of hydrogen-bond donors (Lipinski definition) is 0. The van der Waals surface area contributed by atoms with Crippen molar-refractivity contribution in [2.45, 2.75) is 111 Å². The van der Waals surface area contributed by atoms with Crippen LogP contribution < -0.4 is 4.74 Å². The van der Waals surface area contributed by atoms with E-state index < -0.39 is 5.92 Å². The fourth-order valence-corrected chi connectivity index (χ4v) is 5.42. The fraction of sp³-hybridized carbons (Fsp3) is 0.528. The van der Waals surface area contributed by atoms with E-state index in [2.05, 4.69) is 56.7 Å². The summed E-state index contributed by atoms with van der Waals surface area (Å²) in [6.07, 6.45) is 15.3. The highest BCUT2D eigenvalue weighted by Gasteiger charge is 2.36. The number of carbonyl (C=O) groups excluding carboxylic acids is 3. The van der Waals surface area contributed by atoms with E-state index in [9.17, 15) is 14.4 Å². The van der Waals surface area contributed by atoms with Crippen molar-refractivity contribution >= 4 is 17.7 Å². The molecule has 0 saturated heterocycles. The number of hydrogen-bond acceptors (Lipinski definition) is 5. The minimum absolute atomic E-state index is 0.00830. The van der Waals surface area contributed by atoms with Gasteiger partial charge in [0.1, 0.15) is 11.7 Å². The van der Waals surface area contributed by atoms with E-state index in [4.69, 9.17) is 4.74 Å². The third-order valence-corrected chi connectivity index (χ3v) is 7.71. The first-order chi connectivity index (χ1) is 19.7. The first kappa shape index (κ1) is 32.3. The number of esters is 2. The van der Waals surface area contributed by atoms with Gasteiger partial charge >= 0.3 is 11.9 Å². The molecule has 5 heteroatoms. The maximum atomic E-state index is 13.0. The topological polar surface area (TPSA) is 69.7 Å². The molecule has 4 rings (SSSR count). The molecule has 0 amide bonds. The quantitative estimate of drug-likeness (QED) is 0.0998. The molecule has 41 heavy (non-hydrogen) atoms. The summed E-state index contributed by atoms with van der Waals surface area (Å²) in [5.74, 6) is 1.18. The Morgan fingerprint density at radius 3 is 1.88 bits per heavy atom. The zero-order valence-electron chi connectivity index (χ0n) is 25.7. The molecule has 2 aromatic rings. The number of ketones is 1. The van der Waals surface area contributed by atoms with Crippen molar-refractivity contribution in [1.82, 2.24) is 0 Å². The second kappa shape index (κ2) is 16.3. The third kappa shape index (κ3) is 10.3. The molecule has 2 aliphatic rings. The van der Waals surface area contributed by atoms with Gasteiger partial charge in [-0.15, -0.1) is 0 Å². The van der Waals surface area contributed by atoms with Crippen LogP contribution in [0.15, 0.2) is 48.7 Å². The number of Topliss-reactive ketones (excluding diaryl/α,β-unsaturated/α-hetero) is 1. The van der Waals surface area contributed by atoms with Crippen molar-refractivity contribution in [3.05, 3.63) is 76.6 Å². The molecular weight excluding hydrogens is 512 g/mol. The number of carbonyl (C=O) groups is 3. The van der Waals surface area contributed by atoms with E-state index in [0.29, 0.717) is 17.7 Å². The lowest BCUT2D eigenvalue weighted by Crippen LogP contribution is -2.15. The Hall–Kier alpha value is -3.21. The molecule has 0 N–H and O–H groups in total. The zero-order valence-corrected chi connectivity index (χ0v) is 25.7. The van der Waals surface area contributed by atoms with E-state index in [1.54, 1.807) is 13.0 Å². The van der Waals surface area contributed by atoms with Gasteiger partial charge in [-0.3, -0.25) is 14.4 Å². The predicted molar refractivity (Wildman–Crippen MR) is 164 cm³/mol. The summed E-state index contributed by atoms with van der Waals surface area (Å²) in [6, 6.07) is 12.2. The SMILES string of the molecule is CC(=O)c1ccc(CCCCCC(C)C)cc1C1C(=O)Oc2ccc(CCCCCC(C)C)cc21.O=C1CC=CO1. The monoisotopic (exact) mass is 560 g/mol. The average Bonchev–Trinajstić information content (AvgIpc) is 3.53. The summed E-state index contributed by atoms with van der Waals surface area (Å²) in [5, 5.41) is 0.